The van der Waals surface area contributed by atoms with Crippen LogP contribution in [0.3, 0.4) is 0 Å². The molecular weight excluding hydrogens is 495 g/mol. The summed E-state index contributed by atoms with van der Waals surface area (Å²) in [7, 11) is 0. The molecule has 3 aromatic rings. The SMILES string of the molecule is CCc1cccc(CNCC(CC)N2c3ccc(F)cc3C(C(=O)O)=C(c3cc(F)cc(F)c3)[C@@]2(N)O)c1. The molecule has 0 bridgehead atoms. The molecule has 9 heteroatoms. The van der Waals surface area contributed by atoms with E-state index in [0.29, 0.717) is 25.6 Å². The molecule has 0 saturated heterocycles. The van der Waals surface area contributed by atoms with E-state index in [4.69, 9.17) is 5.73 Å². The van der Waals surface area contributed by atoms with Gasteiger partial charge in [-0.25, -0.2) is 18.0 Å². The van der Waals surface area contributed by atoms with Crippen molar-refractivity contribution in [3.63, 3.8) is 0 Å². The Kier molecular flexibility index (Phi) is 7.91. The molecule has 1 aliphatic rings. The maximum atomic E-state index is 14.4. The minimum Gasteiger partial charge on any atom is -0.478 e. The van der Waals surface area contributed by atoms with Crippen LogP contribution in [-0.2, 0) is 17.8 Å². The summed E-state index contributed by atoms with van der Waals surface area (Å²) < 4.78 is 42.8. The average Bonchev–Trinajstić information content (AvgIpc) is 2.85. The van der Waals surface area contributed by atoms with E-state index in [2.05, 4.69) is 18.3 Å². The minimum absolute atomic E-state index is 0.0543. The van der Waals surface area contributed by atoms with Gasteiger partial charge in [-0.1, -0.05) is 38.1 Å². The molecule has 38 heavy (non-hydrogen) atoms. The van der Waals surface area contributed by atoms with Crippen molar-refractivity contribution >= 4 is 22.8 Å². The van der Waals surface area contributed by atoms with E-state index in [1.165, 1.54) is 16.5 Å². The smallest absolute Gasteiger partial charge is 0.336 e. The van der Waals surface area contributed by atoms with E-state index < -0.39 is 46.5 Å². The molecule has 6 nitrogen and oxygen atoms in total. The summed E-state index contributed by atoms with van der Waals surface area (Å²) in [5.74, 6) is -6.69. The number of aliphatic carboxylic acids is 1. The van der Waals surface area contributed by atoms with Crippen LogP contribution in [0.2, 0.25) is 0 Å². The van der Waals surface area contributed by atoms with Gasteiger partial charge in [0.2, 0.25) is 5.85 Å². The monoisotopic (exact) mass is 525 g/mol. The van der Waals surface area contributed by atoms with Crippen molar-refractivity contribution in [3.8, 4) is 0 Å². The third kappa shape index (κ3) is 5.31. The van der Waals surface area contributed by atoms with Crippen LogP contribution in [0.4, 0.5) is 18.9 Å². The van der Waals surface area contributed by atoms with Crippen LogP contribution in [0.25, 0.3) is 11.1 Å². The normalized spacial score (nSPS) is 17.9. The number of anilines is 1. The van der Waals surface area contributed by atoms with Gasteiger partial charge in [0.25, 0.3) is 0 Å². The fourth-order valence-electron chi connectivity index (χ4n) is 5.05. The quantitative estimate of drug-likeness (QED) is 0.304. The Morgan fingerprint density at radius 1 is 1.00 bits per heavy atom. The Morgan fingerprint density at radius 2 is 1.68 bits per heavy atom. The van der Waals surface area contributed by atoms with Gasteiger partial charge in [-0.15, -0.1) is 0 Å². The highest BCUT2D eigenvalue weighted by molar-refractivity contribution is 6.27. The highest BCUT2D eigenvalue weighted by Gasteiger charge is 2.47. The van der Waals surface area contributed by atoms with Crippen LogP contribution < -0.4 is 16.0 Å². The molecule has 0 saturated carbocycles. The topological polar surface area (TPSA) is 98.8 Å². The highest BCUT2D eigenvalue weighted by atomic mass is 19.1. The largest absolute Gasteiger partial charge is 0.478 e. The molecule has 0 aliphatic carbocycles. The zero-order valence-corrected chi connectivity index (χ0v) is 21.1. The van der Waals surface area contributed by atoms with E-state index in [0.717, 1.165) is 36.2 Å². The molecule has 5 N–H and O–H groups in total. The molecule has 0 spiro atoms. The van der Waals surface area contributed by atoms with E-state index >= 15 is 0 Å². The van der Waals surface area contributed by atoms with Crippen molar-refractivity contribution in [2.24, 2.45) is 5.73 Å². The zero-order valence-electron chi connectivity index (χ0n) is 21.1. The number of nitrogens with two attached hydrogens (primary N) is 1. The lowest BCUT2D eigenvalue weighted by atomic mass is 9.84. The van der Waals surface area contributed by atoms with Crippen LogP contribution in [0.15, 0.2) is 60.7 Å². The third-order valence-electron chi connectivity index (χ3n) is 6.78. The number of nitrogens with zero attached hydrogens (tertiary/aromatic N) is 1. The van der Waals surface area contributed by atoms with Crippen molar-refractivity contribution in [1.29, 1.82) is 0 Å². The number of carbonyl (C=O) groups is 1. The minimum atomic E-state index is -2.50. The molecule has 1 unspecified atom stereocenters. The predicted octanol–water partition coefficient (Wildman–Crippen LogP) is 4.65. The maximum absolute atomic E-state index is 14.4. The number of carboxylic acid groups (broad SMARTS) is 1. The fraction of sp³-hybridized carbons (Fsp3) is 0.276. The van der Waals surface area contributed by atoms with Crippen LogP contribution in [0.1, 0.15) is 42.5 Å². The molecule has 0 fully saturated rings. The molecule has 1 heterocycles. The number of rotatable bonds is 9. The number of benzene rings is 3. The lowest BCUT2D eigenvalue weighted by Gasteiger charge is -2.48. The summed E-state index contributed by atoms with van der Waals surface area (Å²) >= 11 is 0. The highest BCUT2D eigenvalue weighted by Crippen LogP contribution is 2.46. The predicted molar refractivity (Wildman–Crippen MR) is 140 cm³/mol. The van der Waals surface area contributed by atoms with Gasteiger partial charge in [-0.3, -0.25) is 5.73 Å². The molecular formula is C29H30F3N3O3. The van der Waals surface area contributed by atoms with Crippen LogP contribution >= 0.6 is 0 Å². The summed E-state index contributed by atoms with van der Waals surface area (Å²) in [6, 6.07) is 13.5. The third-order valence-corrected chi connectivity index (χ3v) is 6.78. The Labute approximate surface area is 219 Å². The maximum Gasteiger partial charge on any atom is 0.336 e. The zero-order chi connectivity index (χ0) is 27.6. The molecule has 3 aromatic carbocycles. The Balaban J connectivity index is 1.80. The second-order valence-corrected chi connectivity index (χ2v) is 9.34. The van der Waals surface area contributed by atoms with E-state index in [1.54, 1.807) is 0 Å². The van der Waals surface area contributed by atoms with Gasteiger partial charge in [0.05, 0.1) is 5.57 Å². The molecule has 0 radical (unpaired) electrons. The molecule has 0 aromatic heterocycles. The first kappa shape index (κ1) is 27.4. The van der Waals surface area contributed by atoms with E-state index in [9.17, 15) is 28.2 Å². The number of nitrogens with one attached hydrogen (secondary N) is 1. The second kappa shape index (κ2) is 11.0. The number of halogens is 3. The molecule has 4 rings (SSSR count). The van der Waals surface area contributed by atoms with Crippen LogP contribution in [0.5, 0.6) is 0 Å². The molecule has 0 amide bonds. The van der Waals surface area contributed by atoms with Gasteiger partial charge < -0.3 is 20.4 Å². The van der Waals surface area contributed by atoms with Crippen molar-refractivity contribution in [3.05, 3.63) is 100 Å². The van der Waals surface area contributed by atoms with Crippen molar-refractivity contribution < 1.29 is 28.2 Å². The number of aryl methyl sites for hydroxylation is 1. The van der Waals surface area contributed by atoms with Crippen molar-refractivity contribution in [1.82, 2.24) is 5.32 Å². The summed E-state index contributed by atoms with van der Waals surface area (Å²) in [6.07, 6.45) is 1.35. The Morgan fingerprint density at radius 3 is 2.32 bits per heavy atom. The summed E-state index contributed by atoms with van der Waals surface area (Å²) in [4.78, 5) is 13.8. The first-order valence-corrected chi connectivity index (χ1v) is 12.4. The van der Waals surface area contributed by atoms with Crippen LogP contribution in [0, 0.1) is 17.5 Å². The second-order valence-electron chi connectivity index (χ2n) is 9.34. The van der Waals surface area contributed by atoms with E-state index in [-0.39, 0.29) is 16.8 Å². The number of hydrogen-bond donors (Lipinski definition) is 4. The molecule has 1 aliphatic heterocycles. The van der Waals surface area contributed by atoms with E-state index in [1.807, 2.05) is 25.1 Å². The lowest BCUT2D eigenvalue weighted by molar-refractivity contribution is -0.130. The van der Waals surface area contributed by atoms with Crippen LogP contribution in [-0.4, -0.2) is 34.6 Å². The summed E-state index contributed by atoms with van der Waals surface area (Å²) in [6.45, 7) is 4.77. The fourth-order valence-corrected chi connectivity index (χ4v) is 5.05. The van der Waals surface area contributed by atoms with Gasteiger partial charge in [-0.05, 0) is 59.9 Å². The number of hydrogen-bond acceptors (Lipinski definition) is 5. The van der Waals surface area contributed by atoms with Gasteiger partial charge in [0.15, 0.2) is 0 Å². The van der Waals surface area contributed by atoms with Crippen molar-refractivity contribution in [2.75, 3.05) is 11.4 Å². The standard InChI is InChI=1S/C29H30F3N3O3/c1-3-17-6-5-7-18(10-17)15-34-16-23(4-2)35-25-9-8-20(30)14-24(25)26(28(36)37)27(29(35,33)38)19-11-21(31)13-22(32)12-19/h5-14,23,34,38H,3-4,15-16,33H2,1-2H3,(H,36,37)/t23?,29-/m0/s1. The van der Waals surface area contributed by atoms with Gasteiger partial charge in [-0.2, -0.15) is 0 Å². The Hall–Kier alpha value is -3.66. The lowest BCUT2D eigenvalue weighted by Crippen LogP contribution is -2.64. The number of carboxylic acids is 1. The average molecular weight is 526 g/mol. The molecule has 200 valence electrons. The Bertz CT molecular complexity index is 1370. The first-order valence-electron chi connectivity index (χ1n) is 12.4. The van der Waals surface area contributed by atoms with Gasteiger partial charge in [0.1, 0.15) is 17.5 Å². The number of fused-ring (bicyclic) bond motifs is 1. The van der Waals surface area contributed by atoms with Gasteiger partial charge >= 0.3 is 5.97 Å². The van der Waals surface area contributed by atoms with Gasteiger partial charge in [0, 0.05) is 42.0 Å². The summed E-state index contributed by atoms with van der Waals surface area (Å²) in [5, 5.41) is 25.2. The molecule has 2 atom stereocenters. The van der Waals surface area contributed by atoms with Crippen molar-refractivity contribution in [2.45, 2.75) is 45.1 Å². The summed E-state index contributed by atoms with van der Waals surface area (Å²) in [5.41, 5.74) is 7.63. The number of aliphatic hydroxyl groups is 1. The first-order chi connectivity index (χ1) is 18.1.